The maximum Gasteiger partial charge on any atom is 0.287 e. The molecule has 1 aromatic rings. The minimum Gasteiger partial charge on any atom is -0.459 e. The molecule has 1 atom stereocenters. The van der Waals surface area contributed by atoms with Gasteiger partial charge >= 0.3 is 0 Å². The van der Waals surface area contributed by atoms with Gasteiger partial charge in [0.1, 0.15) is 0 Å². The Bertz CT molecular complexity index is 253. The van der Waals surface area contributed by atoms with E-state index >= 15 is 0 Å². The third-order valence-corrected chi connectivity index (χ3v) is 1.86. The van der Waals surface area contributed by atoms with Gasteiger partial charge < -0.3 is 15.5 Å². The van der Waals surface area contributed by atoms with Crippen molar-refractivity contribution in [1.82, 2.24) is 5.32 Å². The molecule has 0 aliphatic heterocycles. The number of furan rings is 1. The summed E-state index contributed by atoms with van der Waals surface area (Å²) in [4.78, 5) is 11.4. The fraction of sp³-hybridized carbons (Fsp3) is 0.444. The number of carbonyl (C=O) groups excluding carboxylic acids is 1. The predicted octanol–water partition coefficient (Wildman–Crippen LogP) is 0.747. The highest BCUT2D eigenvalue weighted by molar-refractivity contribution is 5.91. The molecule has 0 aromatic carbocycles. The standard InChI is InChI=1S/C9H14N2O2/c1-2-7(6-10)11-9(12)8-4-3-5-13-8/h3-5,7H,2,6,10H2,1H3,(H,11,12). The van der Waals surface area contributed by atoms with Crippen molar-refractivity contribution in [1.29, 1.82) is 0 Å². The summed E-state index contributed by atoms with van der Waals surface area (Å²) in [6, 6.07) is 3.33. The summed E-state index contributed by atoms with van der Waals surface area (Å²) >= 11 is 0. The molecule has 72 valence electrons. The number of hydrogen-bond acceptors (Lipinski definition) is 3. The van der Waals surface area contributed by atoms with Crippen LogP contribution in [0.2, 0.25) is 0 Å². The van der Waals surface area contributed by atoms with E-state index in [2.05, 4.69) is 5.32 Å². The Morgan fingerprint density at radius 1 is 1.77 bits per heavy atom. The Morgan fingerprint density at radius 3 is 3.00 bits per heavy atom. The molecular weight excluding hydrogens is 168 g/mol. The van der Waals surface area contributed by atoms with Crippen LogP contribution in [0, 0.1) is 0 Å². The lowest BCUT2D eigenvalue weighted by atomic mass is 10.2. The molecule has 4 nitrogen and oxygen atoms in total. The van der Waals surface area contributed by atoms with Gasteiger partial charge in [-0.05, 0) is 18.6 Å². The summed E-state index contributed by atoms with van der Waals surface area (Å²) in [5.41, 5.74) is 5.44. The molecule has 0 aliphatic carbocycles. The van der Waals surface area contributed by atoms with Crippen molar-refractivity contribution in [2.24, 2.45) is 5.73 Å². The first kappa shape index (κ1) is 9.80. The van der Waals surface area contributed by atoms with Crippen molar-refractivity contribution in [3.05, 3.63) is 24.2 Å². The Labute approximate surface area is 77.1 Å². The maximum absolute atomic E-state index is 11.4. The second-order valence-corrected chi connectivity index (χ2v) is 2.79. The minimum atomic E-state index is -0.206. The van der Waals surface area contributed by atoms with Crippen LogP contribution >= 0.6 is 0 Å². The van der Waals surface area contributed by atoms with Gasteiger partial charge in [-0.3, -0.25) is 4.79 Å². The van der Waals surface area contributed by atoms with Crippen LogP contribution in [0.4, 0.5) is 0 Å². The second-order valence-electron chi connectivity index (χ2n) is 2.79. The van der Waals surface area contributed by atoms with Gasteiger partial charge in [0.15, 0.2) is 5.76 Å². The van der Waals surface area contributed by atoms with E-state index in [-0.39, 0.29) is 11.9 Å². The summed E-state index contributed by atoms with van der Waals surface area (Å²) in [7, 11) is 0. The first-order valence-electron chi connectivity index (χ1n) is 4.32. The summed E-state index contributed by atoms with van der Waals surface area (Å²) in [6.45, 7) is 2.42. The number of hydrogen-bond donors (Lipinski definition) is 2. The average molecular weight is 182 g/mol. The van der Waals surface area contributed by atoms with Gasteiger partial charge in [0.25, 0.3) is 5.91 Å². The van der Waals surface area contributed by atoms with Crippen LogP contribution in [0.25, 0.3) is 0 Å². The first-order valence-corrected chi connectivity index (χ1v) is 4.32. The molecule has 3 N–H and O–H groups in total. The molecule has 1 amide bonds. The molecule has 1 rings (SSSR count). The Hall–Kier alpha value is -1.29. The van der Waals surface area contributed by atoms with E-state index in [4.69, 9.17) is 10.2 Å². The fourth-order valence-electron chi connectivity index (χ4n) is 0.992. The fourth-order valence-corrected chi connectivity index (χ4v) is 0.992. The lowest BCUT2D eigenvalue weighted by Gasteiger charge is -2.12. The maximum atomic E-state index is 11.4. The lowest BCUT2D eigenvalue weighted by Crippen LogP contribution is -2.39. The number of rotatable bonds is 4. The molecule has 0 bridgehead atoms. The van der Waals surface area contributed by atoms with Gasteiger partial charge in [0, 0.05) is 12.6 Å². The topological polar surface area (TPSA) is 68.3 Å². The summed E-state index contributed by atoms with van der Waals surface area (Å²) in [6.07, 6.45) is 2.29. The van der Waals surface area contributed by atoms with Crippen molar-refractivity contribution < 1.29 is 9.21 Å². The van der Waals surface area contributed by atoms with Crippen LogP contribution in [0.15, 0.2) is 22.8 Å². The Kier molecular flexibility index (Phi) is 3.52. The normalized spacial score (nSPS) is 12.5. The highest BCUT2D eigenvalue weighted by atomic mass is 16.3. The van der Waals surface area contributed by atoms with Crippen LogP contribution in [-0.2, 0) is 0 Å². The third-order valence-electron chi connectivity index (χ3n) is 1.86. The van der Waals surface area contributed by atoms with Gasteiger partial charge in [-0.1, -0.05) is 6.92 Å². The predicted molar refractivity (Wildman–Crippen MR) is 49.3 cm³/mol. The smallest absolute Gasteiger partial charge is 0.287 e. The van der Waals surface area contributed by atoms with Crippen LogP contribution in [0.5, 0.6) is 0 Å². The zero-order valence-corrected chi connectivity index (χ0v) is 7.62. The summed E-state index contributed by atoms with van der Waals surface area (Å²) in [5, 5.41) is 2.76. The van der Waals surface area contributed by atoms with Crippen molar-refractivity contribution >= 4 is 5.91 Å². The monoisotopic (exact) mass is 182 g/mol. The molecule has 1 unspecified atom stereocenters. The van der Waals surface area contributed by atoms with Gasteiger partial charge in [-0.25, -0.2) is 0 Å². The van der Waals surface area contributed by atoms with Gasteiger partial charge in [-0.2, -0.15) is 0 Å². The van der Waals surface area contributed by atoms with E-state index in [9.17, 15) is 4.79 Å². The zero-order valence-electron chi connectivity index (χ0n) is 7.62. The van der Waals surface area contributed by atoms with Gasteiger partial charge in [0.05, 0.1) is 6.26 Å². The quantitative estimate of drug-likeness (QED) is 0.721. The molecule has 0 spiro atoms. The number of nitrogens with two attached hydrogens (primary N) is 1. The number of nitrogens with one attached hydrogen (secondary N) is 1. The summed E-state index contributed by atoms with van der Waals surface area (Å²) < 4.78 is 4.93. The molecule has 1 aromatic heterocycles. The van der Waals surface area contributed by atoms with Crippen LogP contribution in [0.3, 0.4) is 0 Å². The molecule has 0 radical (unpaired) electrons. The molecular formula is C9H14N2O2. The molecule has 13 heavy (non-hydrogen) atoms. The zero-order chi connectivity index (χ0) is 9.68. The molecule has 1 heterocycles. The molecule has 0 fully saturated rings. The van der Waals surface area contributed by atoms with E-state index in [1.165, 1.54) is 6.26 Å². The van der Waals surface area contributed by atoms with Crippen LogP contribution < -0.4 is 11.1 Å². The van der Waals surface area contributed by atoms with E-state index in [1.54, 1.807) is 12.1 Å². The van der Waals surface area contributed by atoms with E-state index in [1.807, 2.05) is 6.92 Å². The number of amides is 1. The van der Waals surface area contributed by atoms with E-state index < -0.39 is 0 Å². The van der Waals surface area contributed by atoms with Crippen molar-refractivity contribution in [2.75, 3.05) is 6.54 Å². The van der Waals surface area contributed by atoms with Crippen LogP contribution in [0.1, 0.15) is 23.9 Å². The van der Waals surface area contributed by atoms with E-state index in [0.717, 1.165) is 6.42 Å². The number of carbonyl (C=O) groups is 1. The summed E-state index contributed by atoms with van der Waals surface area (Å²) in [5.74, 6) is 0.120. The third kappa shape index (κ3) is 2.59. The Balaban J connectivity index is 2.50. The lowest BCUT2D eigenvalue weighted by molar-refractivity contribution is 0.0909. The van der Waals surface area contributed by atoms with Crippen molar-refractivity contribution in [3.8, 4) is 0 Å². The molecule has 0 aliphatic rings. The molecule has 0 saturated heterocycles. The van der Waals surface area contributed by atoms with Crippen molar-refractivity contribution in [3.63, 3.8) is 0 Å². The van der Waals surface area contributed by atoms with Gasteiger partial charge in [-0.15, -0.1) is 0 Å². The van der Waals surface area contributed by atoms with Crippen LogP contribution in [-0.4, -0.2) is 18.5 Å². The average Bonchev–Trinajstić information content (AvgIpc) is 2.66. The molecule has 0 saturated carbocycles. The molecule has 4 heteroatoms. The minimum absolute atomic E-state index is 0.0256. The van der Waals surface area contributed by atoms with Crippen molar-refractivity contribution in [2.45, 2.75) is 19.4 Å². The second kappa shape index (κ2) is 4.67. The van der Waals surface area contributed by atoms with Gasteiger partial charge in [0.2, 0.25) is 0 Å². The van der Waals surface area contributed by atoms with E-state index in [0.29, 0.717) is 12.3 Å². The largest absolute Gasteiger partial charge is 0.459 e. The highest BCUT2D eigenvalue weighted by Crippen LogP contribution is 2.00. The Morgan fingerprint density at radius 2 is 2.54 bits per heavy atom. The SMILES string of the molecule is CCC(CN)NC(=O)c1ccco1. The highest BCUT2D eigenvalue weighted by Gasteiger charge is 2.12. The first-order chi connectivity index (χ1) is 6.27.